The highest BCUT2D eigenvalue weighted by molar-refractivity contribution is 5.98. The first-order valence-electron chi connectivity index (χ1n) is 9.00. The van der Waals surface area contributed by atoms with Gasteiger partial charge in [-0.3, -0.25) is 4.79 Å². The molecule has 2 aromatic carbocycles. The SMILES string of the molecule is CCOC(=O)NCCNC(=O)c1cc2ccccc2n1Cc1ccccc1. The topological polar surface area (TPSA) is 72.4 Å². The van der Waals surface area contributed by atoms with Gasteiger partial charge in [-0.2, -0.15) is 0 Å². The molecule has 2 N–H and O–H groups in total. The van der Waals surface area contributed by atoms with Crippen molar-refractivity contribution in [3.05, 3.63) is 71.9 Å². The molecule has 1 aromatic heterocycles. The van der Waals surface area contributed by atoms with Crippen LogP contribution in [0.25, 0.3) is 10.9 Å². The second-order valence-corrected chi connectivity index (χ2v) is 6.06. The molecule has 1 heterocycles. The van der Waals surface area contributed by atoms with Crippen LogP contribution < -0.4 is 10.6 Å². The standard InChI is InChI=1S/C21H23N3O3/c1-2-27-21(26)23-13-12-22-20(25)19-14-17-10-6-7-11-18(17)24(19)15-16-8-4-3-5-9-16/h3-11,14H,2,12-13,15H2,1H3,(H,22,25)(H,23,26). The summed E-state index contributed by atoms with van der Waals surface area (Å²) in [6.45, 7) is 3.30. The number of benzene rings is 2. The molecule has 3 rings (SSSR count). The second-order valence-electron chi connectivity index (χ2n) is 6.06. The van der Waals surface area contributed by atoms with Crippen LogP contribution in [0.2, 0.25) is 0 Å². The summed E-state index contributed by atoms with van der Waals surface area (Å²) >= 11 is 0. The second kappa shape index (κ2) is 8.89. The van der Waals surface area contributed by atoms with Crippen molar-refractivity contribution in [1.82, 2.24) is 15.2 Å². The highest BCUT2D eigenvalue weighted by Crippen LogP contribution is 2.21. The van der Waals surface area contributed by atoms with Gasteiger partial charge in [-0.25, -0.2) is 4.79 Å². The summed E-state index contributed by atoms with van der Waals surface area (Å²) in [4.78, 5) is 24.0. The number of hydrogen-bond acceptors (Lipinski definition) is 3. The van der Waals surface area contributed by atoms with Crippen molar-refractivity contribution < 1.29 is 14.3 Å². The van der Waals surface area contributed by atoms with Crippen molar-refractivity contribution in [3.63, 3.8) is 0 Å². The van der Waals surface area contributed by atoms with Crippen LogP contribution in [0.15, 0.2) is 60.7 Å². The smallest absolute Gasteiger partial charge is 0.407 e. The molecule has 0 saturated carbocycles. The zero-order chi connectivity index (χ0) is 19.1. The molecule has 0 radical (unpaired) electrons. The van der Waals surface area contributed by atoms with Gasteiger partial charge in [-0.05, 0) is 24.6 Å². The molecule has 2 amide bonds. The van der Waals surface area contributed by atoms with Crippen LogP contribution in [-0.2, 0) is 11.3 Å². The highest BCUT2D eigenvalue weighted by Gasteiger charge is 2.15. The summed E-state index contributed by atoms with van der Waals surface area (Å²) < 4.78 is 6.80. The maximum absolute atomic E-state index is 12.7. The van der Waals surface area contributed by atoms with E-state index in [1.807, 2.05) is 65.2 Å². The first-order chi connectivity index (χ1) is 13.2. The number of nitrogens with zero attached hydrogens (tertiary/aromatic N) is 1. The summed E-state index contributed by atoms with van der Waals surface area (Å²) in [6, 6.07) is 19.9. The summed E-state index contributed by atoms with van der Waals surface area (Å²) in [7, 11) is 0. The summed E-state index contributed by atoms with van der Waals surface area (Å²) in [6.07, 6.45) is -0.482. The first kappa shape index (κ1) is 18.5. The minimum Gasteiger partial charge on any atom is -0.450 e. The fraction of sp³-hybridized carbons (Fsp3) is 0.238. The Morgan fingerprint density at radius 1 is 0.963 bits per heavy atom. The number of aromatic nitrogens is 1. The molecular formula is C21H23N3O3. The third-order valence-electron chi connectivity index (χ3n) is 4.18. The largest absolute Gasteiger partial charge is 0.450 e. The van der Waals surface area contributed by atoms with E-state index in [0.717, 1.165) is 16.5 Å². The molecule has 0 aliphatic heterocycles. The van der Waals surface area contributed by atoms with Crippen LogP contribution in [-0.4, -0.2) is 36.3 Å². The number of carbonyl (C=O) groups excluding carboxylic acids is 2. The van der Waals surface area contributed by atoms with Gasteiger partial charge in [0.05, 0.1) is 6.61 Å². The van der Waals surface area contributed by atoms with E-state index in [9.17, 15) is 9.59 Å². The first-order valence-corrected chi connectivity index (χ1v) is 9.00. The highest BCUT2D eigenvalue weighted by atomic mass is 16.5. The maximum Gasteiger partial charge on any atom is 0.407 e. The van der Waals surface area contributed by atoms with Crippen molar-refractivity contribution in [2.45, 2.75) is 13.5 Å². The molecule has 27 heavy (non-hydrogen) atoms. The molecule has 3 aromatic rings. The Morgan fingerprint density at radius 3 is 2.44 bits per heavy atom. The number of amides is 2. The zero-order valence-electron chi connectivity index (χ0n) is 15.3. The van der Waals surface area contributed by atoms with E-state index in [0.29, 0.717) is 31.9 Å². The van der Waals surface area contributed by atoms with Gasteiger partial charge in [0, 0.05) is 30.5 Å². The van der Waals surface area contributed by atoms with Gasteiger partial charge in [0.25, 0.3) is 5.91 Å². The van der Waals surface area contributed by atoms with Crippen molar-refractivity contribution in [2.24, 2.45) is 0 Å². The maximum atomic E-state index is 12.7. The van der Waals surface area contributed by atoms with Gasteiger partial charge in [0.15, 0.2) is 0 Å². The molecule has 0 bridgehead atoms. The summed E-state index contributed by atoms with van der Waals surface area (Å²) in [5, 5.41) is 6.46. The van der Waals surface area contributed by atoms with Crippen LogP contribution >= 0.6 is 0 Å². The van der Waals surface area contributed by atoms with Crippen molar-refractivity contribution in [2.75, 3.05) is 19.7 Å². The monoisotopic (exact) mass is 365 g/mol. The van der Waals surface area contributed by atoms with Crippen LogP contribution in [0.3, 0.4) is 0 Å². The molecule has 0 aliphatic rings. The molecule has 0 saturated heterocycles. The number of alkyl carbamates (subject to hydrolysis) is 1. The Balaban J connectivity index is 1.74. The van der Waals surface area contributed by atoms with Gasteiger partial charge in [0.2, 0.25) is 0 Å². The van der Waals surface area contributed by atoms with Crippen molar-refractivity contribution in [1.29, 1.82) is 0 Å². The number of nitrogens with one attached hydrogen (secondary N) is 2. The van der Waals surface area contributed by atoms with E-state index in [4.69, 9.17) is 4.74 Å². The van der Waals surface area contributed by atoms with Crippen LogP contribution in [0.4, 0.5) is 4.79 Å². The molecular weight excluding hydrogens is 342 g/mol. The molecule has 0 spiro atoms. The van der Waals surface area contributed by atoms with E-state index >= 15 is 0 Å². The fourth-order valence-electron chi connectivity index (χ4n) is 2.95. The fourth-order valence-corrected chi connectivity index (χ4v) is 2.95. The Labute approximate surface area is 158 Å². The minimum atomic E-state index is -0.482. The zero-order valence-corrected chi connectivity index (χ0v) is 15.3. The quantitative estimate of drug-likeness (QED) is 0.632. The Kier molecular flexibility index (Phi) is 6.10. The molecule has 6 nitrogen and oxygen atoms in total. The van der Waals surface area contributed by atoms with Gasteiger partial charge in [0.1, 0.15) is 5.69 Å². The minimum absolute atomic E-state index is 0.173. The average Bonchev–Trinajstić information content (AvgIpc) is 3.05. The lowest BCUT2D eigenvalue weighted by molar-refractivity contribution is 0.0944. The van der Waals surface area contributed by atoms with Crippen LogP contribution in [0.1, 0.15) is 23.0 Å². The van der Waals surface area contributed by atoms with Crippen molar-refractivity contribution in [3.8, 4) is 0 Å². The van der Waals surface area contributed by atoms with Crippen LogP contribution in [0.5, 0.6) is 0 Å². The number of carbonyl (C=O) groups is 2. The van der Waals surface area contributed by atoms with E-state index < -0.39 is 6.09 Å². The molecule has 140 valence electrons. The third kappa shape index (κ3) is 4.67. The number of rotatable bonds is 7. The van der Waals surface area contributed by atoms with Gasteiger partial charge in [-0.1, -0.05) is 48.5 Å². The van der Waals surface area contributed by atoms with Gasteiger partial charge >= 0.3 is 6.09 Å². The lowest BCUT2D eigenvalue weighted by Gasteiger charge is -2.12. The average molecular weight is 365 g/mol. The van der Waals surface area contributed by atoms with Gasteiger partial charge < -0.3 is 19.9 Å². The predicted molar refractivity (Wildman–Crippen MR) is 105 cm³/mol. The van der Waals surface area contributed by atoms with E-state index in [2.05, 4.69) is 10.6 Å². The van der Waals surface area contributed by atoms with E-state index in [1.54, 1.807) is 6.92 Å². The van der Waals surface area contributed by atoms with E-state index in [-0.39, 0.29) is 5.91 Å². The van der Waals surface area contributed by atoms with Gasteiger partial charge in [-0.15, -0.1) is 0 Å². The lowest BCUT2D eigenvalue weighted by Crippen LogP contribution is -2.35. The molecule has 0 fully saturated rings. The van der Waals surface area contributed by atoms with Crippen LogP contribution in [0, 0.1) is 0 Å². The Hall–Kier alpha value is -3.28. The number of fused-ring (bicyclic) bond motifs is 1. The molecule has 0 aliphatic carbocycles. The Bertz CT molecular complexity index is 919. The normalized spacial score (nSPS) is 10.6. The number of ether oxygens (including phenoxy) is 1. The summed E-state index contributed by atoms with van der Waals surface area (Å²) in [5.74, 6) is -0.173. The molecule has 6 heteroatoms. The number of para-hydroxylation sites is 1. The third-order valence-corrected chi connectivity index (χ3v) is 4.18. The summed E-state index contributed by atoms with van der Waals surface area (Å²) in [5.41, 5.74) is 2.73. The Morgan fingerprint density at radius 2 is 1.67 bits per heavy atom. The molecule has 0 atom stereocenters. The predicted octanol–water partition coefficient (Wildman–Crippen LogP) is 3.17. The lowest BCUT2D eigenvalue weighted by atomic mass is 10.2. The molecule has 0 unspecified atom stereocenters. The van der Waals surface area contributed by atoms with E-state index in [1.165, 1.54) is 0 Å². The number of hydrogen-bond donors (Lipinski definition) is 2. The van der Waals surface area contributed by atoms with Crippen molar-refractivity contribution >= 4 is 22.9 Å².